The Balaban J connectivity index is -0.000000125. The van der Waals surface area contributed by atoms with Crippen molar-refractivity contribution in [3.05, 3.63) is 45.1 Å². The van der Waals surface area contributed by atoms with E-state index in [9.17, 15) is 0 Å². The maximum Gasteiger partial charge on any atom is 4.00 e. The summed E-state index contributed by atoms with van der Waals surface area (Å²) in [6.45, 7) is 10.9. The van der Waals surface area contributed by atoms with Crippen molar-refractivity contribution in [2.24, 2.45) is 5.41 Å². The van der Waals surface area contributed by atoms with Gasteiger partial charge in [-0.1, -0.05) is 33.1 Å². The Labute approximate surface area is 111 Å². The first-order chi connectivity index (χ1) is 4.45. The Morgan fingerprint density at radius 2 is 1.29 bits per heavy atom. The first-order valence-electron chi connectivity index (χ1n) is 3.75. The molecule has 0 bridgehead atoms. The van der Waals surface area contributed by atoms with Crippen molar-refractivity contribution >= 4 is 0 Å². The monoisotopic (exact) mass is 270 g/mol. The number of rotatable bonds is 0. The van der Waals surface area contributed by atoms with Gasteiger partial charge in [-0.2, -0.15) is 11.1 Å². The Bertz CT molecular complexity index is 219. The van der Waals surface area contributed by atoms with E-state index < -0.39 is 0 Å². The van der Waals surface area contributed by atoms with Gasteiger partial charge in [0, 0.05) is 0 Å². The summed E-state index contributed by atoms with van der Waals surface area (Å²) in [4.78, 5) is 0. The Hall–Kier alpha value is 0.363. The van der Waals surface area contributed by atoms with Crippen LogP contribution in [0, 0.1) is 33.8 Å². The van der Waals surface area contributed by atoms with E-state index >= 15 is 0 Å². The first kappa shape index (κ1) is 23.9. The zero-order valence-corrected chi connectivity index (χ0v) is 13.5. The van der Waals surface area contributed by atoms with Gasteiger partial charge in [-0.3, -0.25) is 6.08 Å². The van der Waals surface area contributed by atoms with Crippen LogP contribution in [0.5, 0.6) is 0 Å². The molecule has 0 spiro atoms. The number of hydrogen-bond donors (Lipinski definition) is 0. The van der Waals surface area contributed by atoms with Gasteiger partial charge in [-0.15, -0.1) is 6.92 Å². The Morgan fingerprint density at radius 1 is 0.929 bits per heavy atom. The molecule has 14 heavy (non-hydrogen) atoms. The van der Waals surface area contributed by atoms with E-state index in [4.69, 9.17) is 0 Å². The molecule has 0 nitrogen and oxygen atoms in total. The molecule has 0 aliphatic heterocycles. The molecule has 0 heterocycles. The molecule has 1 aliphatic carbocycles. The smallest absolute Gasteiger partial charge is 0.358 e. The average molecular weight is 272 g/mol. The van der Waals surface area contributed by atoms with Gasteiger partial charge in [0.05, 0.1) is 0 Å². The van der Waals surface area contributed by atoms with Crippen molar-refractivity contribution < 1.29 is 26.2 Å². The molecule has 0 aromatic heterocycles. The standard InChI is InChI=1S/C10H15.3CH3.Zr/c1-7-6-10(4,5)9(3)8(7)2;;;;/h1-5H3;3*1H3;/q4*-1;+4. The van der Waals surface area contributed by atoms with Crippen LogP contribution >= 0.6 is 0 Å². The molecule has 0 saturated heterocycles. The first-order valence-corrected chi connectivity index (χ1v) is 3.75. The van der Waals surface area contributed by atoms with Crippen LogP contribution in [0.3, 0.4) is 0 Å². The van der Waals surface area contributed by atoms with Gasteiger partial charge in [0.2, 0.25) is 0 Å². The third-order valence-electron chi connectivity index (χ3n) is 2.56. The minimum atomic E-state index is 0. The van der Waals surface area contributed by atoms with Gasteiger partial charge < -0.3 is 22.3 Å². The Morgan fingerprint density at radius 3 is 1.36 bits per heavy atom. The van der Waals surface area contributed by atoms with E-state index in [2.05, 4.69) is 40.7 Å². The van der Waals surface area contributed by atoms with Crippen LogP contribution in [0.4, 0.5) is 0 Å². The normalized spacial score (nSPS) is 16.8. The van der Waals surface area contributed by atoms with Gasteiger partial charge >= 0.3 is 26.2 Å². The van der Waals surface area contributed by atoms with Gasteiger partial charge in [-0.05, 0) is 0 Å². The Kier molecular flexibility index (Phi) is 13.0. The van der Waals surface area contributed by atoms with Crippen LogP contribution in [0.15, 0.2) is 16.7 Å². The van der Waals surface area contributed by atoms with Crippen LogP contribution in [0.25, 0.3) is 0 Å². The van der Waals surface area contributed by atoms with Gasteiger partial charge in [0.15, 0.2) is 0 Å². The van der Waals surface area contributed by atoms with Crippen LogP contribution in [0.2, 0.25) is 0 Å². The van der Waals surface area contributed by atoms with E-state index in [1.807, 2.05) is 0 Å². The summed E-state index contributed by atoms with van der Waals surface area (Å²) < 4.78 is 0. The summed E-state index contributed by atoms with van der Waals surface area (Å²) in [5.74, 6) is 0. The second-order valence-corrected chi connectivity index (χ2v) is 3.62. The van der Waals surface area contributed by atoms with Crippen molar-refractivity contribution in [2.75, 3.05) is 0 Å². The summed E-state index contributed by atoms with van der Waals surface area (Å²) >= 11 is 0. The van der Waals surface area contributed by atoms with E-state index in [0.29, 0.717) is 0 Å². The van der Waals surface area contributed by atoms with E-state index in [0.717, 1.165) is 0 Å². The molecule has 0 amide bonds. The predicted molar refractivity (Wildman–Crippen MR) is 63.8 cm³/mol. The summed E-state index contributed by atoms with van der Waals surface area (Å²) in [6.07, 6.45) is 3.44. The molecule has 1 rings (SSSR count). The van der Waals surface area contributed by atoms with Crippen LogP contribution < -0.4 is 0 Å². The summed E-state index contributed by atoms with van der Waals surface area (Å²) in [5, 5.41) is 0. The minimum Gasteiger partial charge on any atom is -0.358 e. The fourth-order valence-electron chi connectivity index (χ4n) is 1.41. The van der Waals surface area contributed by atoms with Gasteiger partial charge in [0.1, 0.15) is 0 Å². The van der Waals surface area contributed by atoms with Crippen LogP contribution in [-0.4, -0.2) is 0 Å². The van der Waals surface area contributed by atoms with Crippen molar-refractivity contribution in [3.63, 3.8) is 0 Å². The quantitative estimate of drug-likeness (QED) is 0.571. The molecule has 80 valence electrons. The van der Waals surface area contributed by atoms with Crippen molar-refractivity contribution in [1.82, 2.24) is 0 Å². The molecular formula is C13H24Zr. The molecule has 0 aromatic carbocycles. The molecular weight excluding hydrogens is 247 g/mol. The minimum absolute atomic E-state index is 0. The SMILES string of the molecule is CC1=[C-]C(C)(C)C(C)=C1C.[CH3-].[CH3-].[CH3-].[Zr+4]. The summed E-state index contributed by atoms with van der Waals surface area (Å²) in [5.41, 5.74) is 4.39. The van der Waals surface area contributed by atoms with Gasteiger partial charge in [-0.25, -0.2) is 5.57 Å². The third kappa shape index (κ3) is 4.26. The maximum atomic E-state index is 3.44. The topological polar surface area (TPSA) is 0 Å². The molecule has 1 aliphatic rings. The van der Waals surface area contributed by atoms with Crippen LogP contribution in [0.1, 0.15) is 34.6 Å². The van der Waals surface area contributed by atoms with E-state index in [1.54, 1.807) is 0 Å². The van der Waals surface area contributed by atoms with Crippen molar-refractivity contribution in [1.29, 1.82) is 0 Å². The molecule has 0 unspecified atom stereocenters. The number of allylic oxidation sites excluding steroid dienone is 4. The average Bonchev–Trinajstić information content (AvgIpc) is 1.95. The summed E-state index contributed by atoms with van der Waals surface area (Å²) in [7, 11) is 0. The van der Waals surface area contributed by atoms with Gasteiger partial charge in [0.25, 0.3) is 0 Å². The van der Waals surface area contributed by atoms with Crippen molar-refractivity contribution in [3.8, 4) is 0 Å². The molecule has 1 heteroatoms. The fraction of sp³-hybridized carbons (Fsp3) is 0.462. The van der Waals surface area contributed by atoms with Crippen LogP contribution in [-0.2, 0) is 26.2 Å². The molecule has 0 radical (unpaired) electrons. The fourth-order valence-corrected chi connectivity index (χ4v) is 1.41. The zero-order chi connectivity index (χ0) is 7.94. The molecule has 0 saturated carbocycles. The van der Waals surface area contributed by atoms with E-state index in [1.165, 1.54) is 16.7 Å². The van der Waals surface area contributed by atoms with Crippen molar-refractivity contribution in [2.45, 2.75) is 34.6 Å². The molecule has 0 fully saturated rings. The second kappa shape index (κ2) is 7.63. The summed E-state index contributed by atoms with van der Waals surface area (Å²) in [6, 6.07) is 0. The molecule has 0 N–H and O–H groups in total. The second-order valence-electron chi connectivity index (χ2n) is 3.62. The van der Waals surface area contributed by atoms with E-state index in [-0.39, 0.29) is 53.9 Å². The third-order valence-corrected chi connectivity index (χ3v) is 2.56. The zero-order valence-electron chi connectivity index (χ0n) is 11.0. The predicted octanol–water partition coefficient (Wildman–Crippen LogP) is 4.46. The maximum absolute atomic E-state index is 3.44. The largest absolute Gasteiger partial charge is 4.00 e. The molecule has 0 atom stereocenters. The number of hydrogen-bond acceptors (Lipinski definition) is 0. The molecule has 0 aromatic rings.